The highest BCUT2D eigenvalue weighted by Gasteiger charge is 2.25. The summed E-state index contributed by atoms with van der Waals surface area (Å²) in [6.07, 6.45) is 2.04. The van der Waals surface area contributed by atoms with Gasteiger partial charge in [-0.05, 0) is 25.5 Å². The number of furan rings is 1. The van der Waals surface area contributed by atoms with Crippen molar-refractivity contribution in [3.63, 3.8) is 0 Å². The Morgan fingerprint density at radius 2 is 1.86 bits per heavy atom. The van der Waals surface area contributed by atoms with Crippen LogP contribution in [0.2, 0.25) is 0 Å². The summed E-state index contributed by atoms with van der Waals surface area (Å²) in [6.45, 7) is 3.55. The fraction of sp³-hybridized carbons (Fsp3) is 0.312. The maximum atomic E-state index is 12.5. The molecule has 5 heteroatoms. The molecule has 0 atom stereocenters. The molecule has 1 aromatic heterocycles. The Labute approximate surface area is 124 Å². The van der Waals surface area contributed by atoms with E-state index in [1.165, 1.54) is 18.2 Å². The van der Waals surface area contributed by atoms with E-state index in [-0.39, 0.29) is 27.1 Å². The molecule has 2 aromatic rings. The van der Waals surface area contributed by atoms with Crippen LogP contribution < -0.4 is 0 Å². The summed E-state index contributed by atoms with van der Waals surface area (Å²) in [7, 11) is -3.65. The summed E-state index contributed by atoms with van der Waals surface area (Å²) >= 11 is 0. The molecular formula is C16H18O4S. The second kappa shape index (κ2) is 6.26. The number of sulfone groups is 1. The van der Waals surface area contributed by atoms with E-state index in [0.29, 0.717) is 6.42 Å². The molecule has 0 fully saturated rings. The number of rotatable bonds is 6. The number of unbranched alkanes of at least 4 members (excludes halogenated alkanes) is 1. The number of Topliss-reactive ketones (excluding diaryl/α,β-unsaturated/α-hetero) is 1. The van der Waals surface area contributed by atoms with Gasteiger partial charge in [0.2, 0.25) is 9.84 Å². The summed E-state index contributed by atoms with van der Waals surface area (Å²) in [5, 5.41) is 0. The first kappa shape index (κ1) is 15.5. The zero-order valence-electron chi connectivity index (χ0n) is 12.1. The molecule has 1 heterocycles. The molecule has 0 spiro atoms. The third kappa shape index (κ3) is 3.24. The number of hydrogen-bond donors (Lipinski definition) is 0. The van der Waals surface area contributed by atoms with Crippen molar-refractivity contribution < 1.29 is 17.6 Å². The Morgan fingerprint density at radius 1 is 1.19 bits per heavy atom. The molecule has 1 aromatic carbocycles. The van der Waals surface area contributed by atoms with Gasteiger partial charge in [-0.15, -0.1) is 0 Å². The van der Waals surface area contributed by atoms with Crippen molar-refractivity contribution in [2.75, 3.05) is 0 Å². The van der Waals surface area contributed by atoms with Gasteiger partial charge in [-0.3, -0.25) is 4.79 Å². The molecule has 0 unspecified atom stereocenters. The van der Waals surface area contributed by atoms with Gasteiger partial charge in [0.1, 0.15) is 10.7 Å². The Balaban J connectivity index is 2.38. The Hall–Kier alpha value is -1.88. The second-order valence-electron chi connectivity index (χ2n) is 4.87. The summed E-state index contributed by atoms with van der Waals surface area (Å²) < 4.78 is 30.4. The van der Waals surface area contributed by atoms with Crippen molar-refractivity contribution in [3.05, 3.63) is 47.9 Å². The summed E-state index contributed by atoms with van der Waals surface area (Å²) in [5.74, 6) is 0.212. The fourth-order valence-corrected chi connectivity index (χ4v) is 3.51. The maximum absolute atomic E-state index is 12.5. The van der Waals surface area contributed by atoms with Crippen molar-refractivity contribution >= 4 is 15.6 Å². The van der Waals surface area contributed by atoms with E-state index in [4.69, 9.17) is 4.42 Å². The van der Waals surface area contributed by atoms with Gasteiger partial charge in [0.25, 0.3) is 0 Å². The molecule has 0 aliphatic rings. The van der Waals surface area contributed by atoms with Gasteiger partial charge in [0, 0.05) is 12.5 Å². The van der Waals surface area contributed by atoms with Crippen LogP contribution in [0.25, 0.3) is 0 Å². The fourth-order valence-electron chi connectivity index (χ4n) is 2.06. The van der Waals surface area contributed by atoms with E-state index >= 15 is 0 Å². The highest BCUT2D eigenvalue weighted by atomic mass is 32.2. The van der Waals surface area contributed by atoms with Crippen LogP contribution in [0.4, 0.5) is 0 Å². The molecule has 2 rings (SSSR count). The lowest BCUT2D eigenvalue weighted by atomic mass is 10.1. The van der Waals surface area contributed by atoms with Crippen LogP contribution >= 0.6 is 0 Å². The molecule has 0 aliphatic carbocycles. The van der Waals surface area contributed by atoms with E-state index < -0.39 is 9.84 Å². The van der Waals surface area contributed by atoms with Crippen LogP contribution in [0.1, 0.15) is 42.5 Å². The molecule has 0 amide bonds. The molecule has 0 saturated carbocycles. The van der Waals surface area contributed by atoms with Crippen molar-refractivity contribution in [2.45, 2.75) is 42.9 Å². The lowest BCUT2D eigenvalue weighted by Crippen LogP contribution is -2.02. The van der Waals surface area contributed by atoms with Gasteiger partial charge in [-0.25, -0.2) is 8.42 Å². The minimum atomic E-state index is -3.65. The molecule has 21 heavy (non-hydrogen) atoms. The molecular weight excluding hydrogens is 288 g/mol. The molecule has 0 N–H and O–H groups in total. The van der Waals surface area contributed by atoms with Crippen molar-refractivity contribution in [1.82, 2.24) is 0 Å². The Morgan fingerprint density at radius 3 is 2.48 bits per heavy atom. The first-order chi connectivity index (χ1) is 9.96. The number of hydrogen-bond acceptors (Lipinski definition) is 4. The van der Waals surface area contributed by atoms with Crippen LogP contribution in [0.15, 0.2) is 50.6 Å². The van der Waals surface area contributed by atoms with Crippen molar-refractivity contribution in [3.8, 4) is 0 Å². The second-order valence-corrected chi connectivity index (χ2v) is 6.79. The summed E-state index contributed by atoms with van der Waals surface area (Å²) in [4.78, 5) is 12.2. The normalized spacial score (nSPS) is 11.5. The van der Waals surface area contributed by atoms with E-state index in [9.17, 15) is 13.2 Å². The van der Waals surface area contributed by atoms with E-state index in [1.807, 2.05) is 6.92 Å². The zero-order valence-corrected chi connectivity index (χ0v) is 12.9. The van der Waals surface area contributed by atoms with E-state index in [0.717, 1.165) is 12.8 Å². The summed E-state index contributed by atoms with van der Waals surface area (Å²) in [6, 6.07) is 9.47. The predicted octanol–water partition coefficient (Wildman–Crippen LogP) is 3.79. The largest absolute Gasteiger partial charge is 0.457 e. The lowest BCUT2D eigenvalue weighted by Gasteiger charge is -2.01. The number of benzene rings is 1. The minimum absolute atomic E-state index is 0.0635. The zero-order chi connectivity index (χ0) is 15.5. The monoisotopic (exact) mass is 306 g/mol. The number of aryl methyl sites for hydroxylation is 1. The maximum Gasteiger partial charge on any atom is 0.210 e. The standard InChI is InChI=1S/C16H18O4S/c1-3-4-10-14(17)15-11-16(12(2)20-15)21(18,19)13-8-6-5-7-9-13/h5-9,11H,3-4,10H2,1-2H3. The van der Waals surface area contributed by atoms with Crippen molar-refractivity contribution in [2.24, 2.45) is 0 Å². The number of ketones is 1. The average molecular weight is 306 g/mol. The molecule has 0 radical (unpaired) electrons. The van der Waals surface area contributed by atoms with Crippen LogP contribution in [-0.2, 0) is 9.84 Å². The van der Waals surface area contributed by atoms with Gasteiger partial charge in [-0.2, -0.15) is 0 Å². The van der Waals surface area contributed by atoms with Gasteiger partial charge >= 0.3 is 0 Å². The average Bonchev–Trinajstić information content (AvgIpc) is 2.88. The van der Waals surface area contributed by atoms with Gasteiger partial charge in [0.05, 0.1) is 4.90 Å². The number of carbonyl (C=O) groups is 1. The topological polar surface area (TPSA) is 64.3 Å². The predicted molar refractivity (Wildman–Crippen MR) is 79.2 cm³/mol. The first-order valence-corrected chi connectivity index (χ1v) is 8.39. The lowest BCUT2D eigenvalue weighted by molar-refractivity contribution is 0.0951. The molecule has 0 aliphatic heterocycles. The highest BCUT2D eigenvalue weighted by Crippen LogP contribution is 2.27. The van der Waals surface area contributed by atoms with Crippen molar-refractivity contribution in [1.29, 1.82) is 0 Å². The van der Waals surface area contributed by atoms with E-state index in [2.05, 4.69) is 0 Å². The SMILES string of the molecule is CCCCC(=O)c1cc(S(=O)(=O)c2ccccc2)c(C)o1. The quantitative estimate of drug-likeness (QED) is 0.762. The smallest absolute Gasteiger partial charge is 0.210 e. The van der Waals surface area contributed by atoms with Crippen LogP contribution in [0, 0.1) is 6.92 Å². The number of carbonyl (C=O) groups excluding carboxylic acids is 1. The van der Waals surface area contributed by atoms with E-state index in [1.54, 1.807) is 25.1 Å². The van der Waals surface area contributed by atoms with Gasteiger partial charge < -0.3 is 4.42 Å². The third-order valence-electron chi connectivity index (χ3n) is 3.25. The third-order valence-corrected chi connectivity index (χ3v) is 5.12. The molecule has 4 nitrogen and oxygen atoms in total. The first-order valence-electron chi connectivity index (χ1n) is 6.90. The van der Waals surface area contributed by atoms with Crippen LogP contribution in [-0.4, -0.2) is 14.2 Å². The summed E-state index contributed by atoms with van der Waals surface area (Å²) in [5.41, 5.74) is 0. The van der Waals surface area contributed by atoms with Gasteiger partial charge in [-0.1, -0.05) is 31.5 Å². The Kier molecular flexibility index (Phi) is 4.63. The highest BCUT2D eigenvalue weighted by molar-refractivity contribution is 7.91. The minimum Gasteiger partial charge on any atom is -0.457 e. The molecule has 0 saturated heterocycles. The van der Waals surface area contributed by atoms with Crippen LogP contribution in [0.3, 0.4) is 0 Å². The molecule has 0 bridgehead atoms. The Bertz CT molecular complexity index is 727. The van der Waals surface area contributed by atoms with Crippen LogP contribution in [0.5, 0.6) is 0 Å². The molecule has 112 valence electrons. The van der Waals surface area contributed by atoms with Gasteiger partial charge in [0.15, 0.2) is 11.5 Å².